The van der Waals surface area contributed by atoms with Crippen molar-refractivity contribution in [3.63, 3.8) is 0 Å². The van der Waals surface area contributed by atoms with E-state index in [2.05, 4.69) is 0 Å². The Bertz CT molecular complexity index is 676. The van der Waals surface area contributed by atoms with E-state index >= 15 is 0 Å². The Balaban J connectivity index is 2.15. The molecule has 2 rings (SSSR count). The lowest BCUT2D eigenvalue weighted by Crippen LogP contribution is -2.15. The smallest absolute Gasteiger partial charge is 0.311 e. The molecule has 21 heavy (non-hydrogen) atoms. The van der Waals surface area contributed by atoms with Crippen LogP contribution in [-0.2, 0) is 13.5 Å². The van der Waals surface area contributed by atoms with Gasteiger partial charge in [-0.25, -0.2) is 0 Å². The van der Waals surface area contributed by atoms with Crippen LogP contribution in [0.5, 0.6) is 5.75 Å². The van der Waals surface area contributed by atoms with Crippen molar-refractivity contribution in [1.82, 2.24) is 4.57 Å². The molecule has 0 bridgehead atoms. The topological polar surface area (TPSA) is 74.4 Å². The quantitative estimate of drug-likeness (QED) is 0.465. The second kappa shape index (κ2) is 6.21. The maximum Gasteiger partial charge on any atom is 0.311 e. The number of ketones is 1. The summed E-state index contributed by atoms with van der Waals surface area (Å²) in [4.78, 5) is 22.5. The average molecular weight is 288 g/mol. The van der Waals surface area contributed by atoms with Crippen LogP contribution in [0.2, 0.25) is 0 Å². The minimum atomic E-state index is -0.499. The van der Waals surface area contributed by atoms with E-state index in [4.69, 9.17) is 4.74 Å². The molecule has 0 fully saturated rings. The van der Waals surface area contributed by atoms with Crippen LogP contribution in [0.25, 0.3) is 0 Å². The standard InChI is InChI=1S/C15H16N2O4/c1-3-11-6-7-15(13(9-11)17(19)20)21-10-14(18)12-5-4-8-16(12)2/h4-9H,3,10H2,1-2H3. The van der Waals surface area contributed by atoms with E-state index in [1.807, 2.05) is 6.92 Å². The molecule has 1 heterocycles. The monoisotopic (exact) mass is 288 g/mol. The largest absolute Gasteiger partial charge is 0.478 e. The Morgan fingerprint density at radius 1 is 1.38 bits per heavy atom. The first-order valence-corrected chi connectivity index (χ1v) is 6.57. The molecule has 0 atom stereocenters. The molecule has 0 saturated heterocycles. The lowest BCUT2D eigenvalue weighted by atomic mass is 10.1. The van der Waals surface area contributed by atoms with E-state index in [-0.39, 0.29) is 23.8 Å². The number of hydrogen-bond donors (Lipinski definition) is 0. The van der Waals surface area contributed by atoms with Gasteiger partial charge in [-0.1, -0.05) is 13.0 Å². The van der Waals surface area contributed by atoms with Gasteiger partial charge in [0.05, 0.1) is 10.6 Å². The molecule has 0 unspecified atom stereocenters. The van der Waals surface area contributed by atoms with E-state index in [1.165, 1.54) is 12.1 Å². The Morgan fingerprint density at radius 3 is 2.71 bits per heavy atom. The molecular weight excluding hydrogens is 272 g/mol. The Labute approximate surface area is 122 Å². The van der Waals surface area contributed by atoms with Gasteiger partial charge in [-0.05, 0) is 30.2 Å². The molecule has 0 saturated carbocycles. The van der Waals surface area contributed by atoms with Gasteiger partial charge in [-0.2, -0.15) is 0 Å². The zero-order valence-corrected chi connectivity index (χ0v) is 11.9. The SMILES string of the molecule is CCc1ccc(OCC(=O)c2cccn2C)c([N+](=O)[O-])c1. The highest BCUT2D eigenvalue weighted by Crippen LogP contribution is 2.28. The average Bonchev–Trinajstić information content (AvgIpc) is 2.90. The fourth-order valence-corrected chi connectivity index (χ4v) is 2.02. The number of benzene rings is 1. The minimum absolute atomic E-state index is 0.111. The molecule has 0 aliphatic heterocycles. The first kappa shape index (κ1) is 14.8. The molecular formula is C15H16N2O4. The Morgan fingerprint density at radius 2 is 2.14 bits per heavy atom. The van der Waals surface area contributed by atoms with Gasteiger partial charge in [0.25, 0.3) is 0 Å². The van der Waals surface area contributed by atoms with E-state index in [0.717, 1.165) is 5.56 Å². The fraction of sp³-hybridized carbons (Fsp3) is 0.267. The second-order valence-corrected chi connectivity index (χ2v) is 4.63. The van der Waals surface area contributed by atoms with E-state index < -0.39 is 4.92 Å². The van der Waals surface area contributed by atoms with Gasteiger partial charge in [0.1, 0.15) is 0 Å². The van der Waals surface area contributed by atoms with Gasteiger partial charge in [0.2, 0.25) is 5.78 Å². The number of aryl methyl sites for hydroxylation is 2. The van der Waals surface area contributed by atoms with Gasteiger partial charge in [-0.3, -0.25) is 14.9 Å². The summed E-state index contributed by atoms with van der Waals surface area (Å²) >= 11 is 0. The summed E-state index contributed by atoms with van der Waals surface area (Å²) in [5.74, 6) is -0.115. The van der Waals surface area contributed by atoms with Crippen LogP contribution in [0.3, 0.4) is 0 Å². The van der Waals surface area contributed by atoms with E-state index in [0.29, 0.717) is 12.1 Å². The van der Waals surface area contributed by atoms with Crippen LogP contribution < -0.4 is 4.74 Å². The van der Waals surface area contributed by atoms with Crippen molar-refractivity contribution in [2.24, 2.45) is 7.05 Å². The molecule has 6 nitrogen and oxygen atoms in total. The maximum absolute atomic E-state index is 12.0. The van der Waals surface area contributed by atoms with Gasteiger partial charge in [-0.15, -0.1) is 0 Å². The predicted octanol–water partition coefficient (Wildman–Crippen LogP) is 2.76. The summed E-state index contributed by atoms with van der Waals surface area (Å²) in [6.07, 6.45) is 2.45. The van der Waals surface area contributed by atoms with Crippen molar-refractivity contribution in [3.05, 3.63) is 57.9 Å². The molecule has 0 aliphatic carbocycles. The van der Waals surface area contributed by atoms with Gasteiger partial charge in [0, 0.05) is 19.3 Å². The highest BCUT2D eigenvalue weighted by atomic mass is 16.6. The van der Waals surface area contributed by atoms with Crippen molar-refractivity contribution >= 4 is 11.5 Å². The molecule has 0 aliphatic rings. The molecule has 1 aromatic carbocycles. The molecule has 0 N–H and O–H groups in total. The summed E-state index contributed by atoms with van der Waals surface area (Å²) in [6, 6.07) is 8.21. The number of nitro benzene ring substituents is 1. The van der Waals surface area contributed by atoms with Crippen LogP contribution in [0, 0.1) is 10.1 Å². The maximum atomic E-state index is 12.0. The summed E-state index contributed by atoms with van der Waals surface area (Å²) in [7, 11) is 1.76. The van der Waals surface area contributed by atoms with Crippen molar-refractivity contribution < 1.29 is 14.5 Å². The highest BCUT2D eigenvalue weighted by Gasteiger charge is 2.18. The molecule has 1 aromatic heterocycles. The van der Waals surface area contributed by atoms with Crippen molar-refractivity contribution in [3.8, 4) is 5.75 Å². The predicted molar refractivity (Wildman–Crippen MR) is 77.7 cm³/mol. The number of aromatic nitrogens is 1. The third kappa shape index (κ3) is 3.28. The van der Waals surface area contributed by atoms with Crippen LogP contribution in [-0.4, -0.2) is 21.9 Å². The summed E-state index contributed by atoms with van der Waals surface area (Å²) in [6.45, 7) is 1.68. The zero-order chi connectivity index (χ0) is 15.4. The summed E-state index contributed by atoms with van der Waals surface area (Å²) in [5, 5.41) is 11.1. The molecule has 0 radical (unpaired) electrons. The lowest BCUT2D eigenvalue weighted by molar-refractivity contribution is -0.385. The molecule has 110 valence electrons. The normalized spacial score (nSPS) is 10.4. The number of ether oxygens (including phenoxy) is 1. The number of hydrogen-bond acceptors (Lipinski definition) is 4. The number of carbonyl (C=O) groups is 1. The molecule has 0 amide bonds. The van der Waals surface area contributed by atoms with Crippen molar-refractivity contribution in [2.75, 3.05) is 6.61 Å². The summed E-state index contributed by atoms with van der Waals surface area (Å²) < 4.78 is 7.01. The highest BCUT2D eigenvalue weighted by molar-refractivity contribution is 5.95. The fourth-order valence-electron chi connectivity index (χ4n) is 2.02. The van der Waals surface area contributed by atoms with Crippen molar-refractivity contribution in [2.45, 2.75) is 13.3 Å². The van der Waals surface area contributed by atoms with Crippen LogP contribution >= 0.6 is 0 Å². The zero-order valence-electron chi connectivity index (χ0n) is 11.9. The molecule has 2 aromatic rings. The lowest BCUT2D eigenvalue weighted by Gasteiger charge is -2.08. The van der Waals surface area contributed by atoms with Crippen LogP contribution in [0.15, 0.2) is 36.5 Å². The Kier molecular flexibility index (Phi) is 4.37. The van der Waals surface area contributed by atoms with Crippen LogP contribution in [0.4, 0.5) is 5.69 Å². The Hall–Kier alpha value is -2.63. The third-order valence-electron chi connectivity index (χ3n) is 3.22. The van der Waals surface area contributed by atoms with Gasteiger partial charge in [0.15, 0.2) is 12.4 Å². The first-order valence-electron chi connectivity index (χ1n) is 6.57. The third-order valence-corrected chi connectivity index (χ3v) is 3.22. The number of Topliss-reactive ketones (excluding diaryl/α,β-unsaturated/α-hetero) is 1. The second-order valence-electron chi connectivity index (χ2n) is 4.63. The number of rotatable bonds is 6. The van der Waals surface area contributed by atoms with Gasteiger partial charge < -0.3 is 9.30 Å². The van der Waals surface area contributed by atoms with Gasteiger partial charge >= 0.3 is 5.69 Å². The van der Waals surface area contributed by atoms with Crippen molar-refractivity contribution in [1.29, 1.82) is 0 Å². The van der Waals surface area contributed by atoms with E-state index in [9.17, 15) is 14.9 Å². The van der Waals surface area contributed by atoms with E-state index in [1.54, 1.807) is 36.0 Å². The molecule has 6 heteroatoms. The summed E-state index contributed by atoms with van der Waals surface area (Å²) in [5.41, 5.74) is 1.24. The molecule has 0 spiro atoms. The number of nitrogens with zero attached hydrogens (tertiary/aromatic N) is 2. The van der Waals surface area contributed by atoms with Crippen LogP contribution in [0.1, 0.15) is 23.0 Å². The minimum Gasteiger partial charge on any atom is -0.478 e. The number of carbonyl (C=O) groups excluding carboxylic acids is 1. The first-order chi connectivity index (χ1) is 10.0. The number of nitro groups is 1.